The average molecular weight is 244 g/mol. The number of methoxy groups -OCH3 is 1. The first-order valence-corrected chi connectivity index (χ1v) is 6.19. The van der Waals surface area contributed by atoms with Crippen LogP contribution in [0.2, 0.25) is 0 Å². The van der Waals surface area contributed by atoms with Crippen molar-refractivity contribution in [2.24, 2.45) is 0 Å². The van der Waals surface area contributed by atoms with Gasteiger partial charge in [0.2, 0.25) is 0 Å². The maximum atomic E-state index is 9.04. The molecule has 0 amide bonds. The molecule has 0 atom stereocenters. The molecule has 1 heterocycles. The van der Waals surface area contributed by atoms with Gasteiger partial charge in [0, 0.05) is 5.56 Å². The van der Waals surface area contributed by atoms with Crippen LogP contribution in [0, 0.1) is 11.3 Å². The minimum atomic E-state index is 0.622. The number of aromatic nitrogens is 1. The largest absolute Gasteiger partial charge is 0.496 e. The number of hydrogen-bond donors (Lipinski definition) is 0. The number of benzene rings is 1. The average Bonchev–Trinajstić information content (AvgIpc) is 2.86. The van der Waals surface area contributed by atoms with Gasteiger partial charge < -0.3 is 4.74 Å². The Morgan fingerprint density at radius 2 is 2.29 bits per heavy atom. The smallest absolute Gasteiger partial charge is 0.132 e. The monoisotopic (exact) mass is 244 g/mol. The first-order chi connectivity index (χ1) is 8.30. The van der Waals surface area contributed by atoms with E-state index < -0.39 is 0 Å². The second kappa shape index (κ2) is 4.98. The van der Waals surface area contributed by atoms with E-state index >= 15 is 0 Å². The van der Waals surface area contributed by atoms with Crippen LogP contribution in [0.3, 0.4) is 0 Å². The fourth-order valence-electron chi connectivity index (χ4n) is 1.68. The fourth-order valence-corrected chi connectivity index (χ4v) is 2.27. The van der Waals surface area contributed by atoms with Gasteiger partial charge >= 0.3 is 0 Å². The number of hydrogen-bond acceptors (Lipinski definition) is 4. The van der Waals surface area contributed by atoms with Crippen molar-refractivity contribution >= 4 is 11.3 Å². The lowest BCUT2D eigenvalue weighted by atomic mass is 10.0. The van der Waals surface area contributed by atoms with Crippen LogP contribution < -0.4 is 4.74 Å². The number of aryl methyl sites for hydroxylation is 1. The zero-order chi connectivity index (χ0) is 12.3. The fraction of sp³-hybridized carbons (Fsp3) is 0.231. The molecule has 2 rings (SSSR count). The molecule has 0 aliphatic carbocycles. The number of nitriles is 1. The number of nitrogens with zero attached hydrogens (tertiary/aromatic N) is 2. The van der Waals surface area contributed by atoms with Gasteiger partial charge in [0.25, 0.3) is 0 Å². The molecule has 2 aromatic rings. The van der Waals surface area contributed by atoms with Crippen LogP contribution in [0.1, 0.15) is 17.4 Å². The molecular weight excluding hydrogens is 232 g/mol. The van der Waals surface area contributed by atoms with Crippen LogP contribution in [0.4, 0.5) is 0 Å². The molecule has 1 aromatic heterocycles. The maximum absolute atomic E-state index is 9.04. The third-order valence-electron chi connectivity index (χ3n) is 2.60. The van der Waals surface area contributed by atoms with Crippen LogP contribution in [-0.2, 0) is 6.42 Å². The van der Waals surface area contributed by atoms with Gasteiger partial charge in [0.15, 0.2) is 0 Å². The van der Waals surface area contributed by atoms with Gasteiger partial charge in [0.05, 0.1) is 12.6 Å². The van der Waals surface area contributed by atoms with E-state index in [0.717, 1.165) is 17.7 Å². The van der Waals surface area contributed by atoms with Crippen molar-refractivity contribution in [1.82, 2.24) is 4.98 Å². The Bertz CT molecular complexity index is 569. The van der Waals surface area contributed by atoms with E-state index in [-0.39, 0.29) is 0 Å². The second-order valence-corrected chi connectivity index (χ2v) is 4.38. The molecule has 0 aliphatic rings. The molecule has 0 unspecified atom stereocenters. The molecule has 17 heavy (non-hydrogen) atoms. The van der Waals surface area contributed by atoms with Crippen LogP contribution in [0.15, 0.2) is 23.7 Å². The van der Waals surface area contributed by atoms with Gasteiger partial charge in [-0.25, -0.2) is 4.98 Å². The van der Waals surface area contributed by atoms with Gasteiger partial charge in [-0.1, -0.05) is 13.0 Å². The summed E-state index contributed by atoms with van der Waals surface area (Å²) in [6, 6.07) is 8.15. The molecule has 0 spiro atoms. The summed E-state index contributed by atoms with van der Waals surface area (Å²) in [6.45, 7) is 2.10. The van der Waals surface area contributed by atoms with Gasteiger partial charge in [-0.15, -0.1) is 11.3 Å². The van der Waals surface area contributed by atoms with E-state index in [1.54, 1.807) is 12.6 Å². The van der Waals surface area contributed by atoms with E-state index in [1.807, 2.05) is 18.2 Å². The quantitative estimate of drug-likeness (QED) is 0.832. The Balaban J connectivity index is 2.61. The summed E-state index contributed by atoms with van der Waals surface area (Å²) in [5, 5.41) is 9.04. The van der Waals surface area contributed by atoms with Crippen molar-refractivity contribution in [1.29, 1.82) is 5.26 Å². The third-order valence-corrected chi connectivity index (χ3v) is 3.33. The van der Waals surface area contributed by atoms with E-state index in [9.17, 15) is 0 Å². The molecule has 3 nitrogen and oxygen atoms in total. The molecule has 0 radical (unpaired) electrons. The zero-order valence-corrected chi connectivity index (χ0v) is 10.5. The first kappa shape index (κ1) is 11.6. The van der Waals surface area contributed by atoms with Crippen molar-refractivity contribution in [3.63, 3.8) is 0 Å². The molecule has 0 fully saturated rings. The Labute approximate surface area is 104 Å². The summed E-state index contributed by atoms with van der Waals surface area (Å²) in [4.78, 5) is 4.88. The van der Waals surface area contributed by atoms with E-state index in [1.165, 1.54) is 16.9 Å². The van der Waals surface area contributed by atoms with E-state index in [4.69, 9.17) is 10.00 Å². The highest BCUT2D eigenvalue weighted by atomic mass is 32.1. The SMILES string of the molecule is CCc1ccc(OC)c(-c2ncsc2C#N)c1. The van der Waals surface area contributed by atoms with Gasteiger partial charge in [-0.2, -0.15) is 5.26 Å². The molecule has 0 bridgehead atoms. The molecule has 0 saturated heterocycles. The minimum absolute atomic E-state index is 0.622. The van der Waals surface area contributed by atoms with E-state index in [2.05, 4.69) is 18.0 Å². The molecule has 0 N–H and O–H groups in total. The second-order valence-electron chi connectivity index (χ2n) is 3.53. The summed E-state index contributed by atoms with van der Waals surface area (Å²) >= 11 is 1.35. The van der Waals surface area contributed by atoms with Crippen molar-refractivity contribution in [3.05, 3.63) is 34.2 Å². The summed E-state index contributed by atoms with van der Waals surface area (Å²) < 4.78 is 5.32. The molecular formula is C13H12N2OS. The summed E-state index contributed by atoms with van der Waals surface area (Å²) in [6.07, 6.45) is 0.947. The van der Waals surface area contributed by atoms with Crippen LogP contribution in [-0.4, -0.2) is 12.1 Å². The highest BCUT2D eigenvalue weighted by Crippen LogP contribution is 2.33. The Morgan fingerprint density at radius 1 is 1.47 bits per heavy atom. The lowest BCUT2D eigenvalue weighted by Gasteiger charge is -2.08. The number of thiazole rings is 1. The maximum Gasteiger partial charge on any atom is 0.132 e. The van der Waals surface area contributed by atoms with Crippen molar-refractivity contribution in [2.45, 2.75) is 13.3 Å². The predicted molar refractivity (Wildman–Crippen MR) is 68.2 cm³/mol. The predicted octanol–water partition coefficient (Wildman–Crippen LogP) is 3.25. The van der Waals surface area contributed by atoms with Crippen molar-refractivity contribution < 1.29 is 4.74 Å². The highest BCUT2D eigenvalue weighted by Gasteiger charge is 2.13. The van der Waals surface area contributed by atoms with Gasteiger partial charge in [-0.05, 0) is 24.1 Å². The Kier molecular flexibility index (Phi) is 3.40. The summed E-state index contributed by atoms with van der Waals surface area (Å²) in [5.74, 6) is 0.754. The first-order valence-electron chi connectivity index (χ1n) is 5.31. The number of ether oxygens (including phenoxy) is 1. The van der Waals surface area contributed by atoms with Gasteiger partial charge in [0.1, 0.15) is 22.4 Å². The van der Waals surface area contributed by atoms with Crippen molar-refractivity contribution in [3.8, 4) is 23.1 Å². The molecule has 86 valence electrons. The lowest BCUT2D eigenvalue weighted by Crippen LogP contribution is -1.91. The topological polar surface area (TPSA) is 45.9 Å². The zero-order valence-electron chi connectivity index (χ0n) is 9.73. The normalized spacial score (nSPS) is 9.94. The van der Waals surface area contributed by atoms with Gasteiger partial charge in [-0.3, -0.25) is 0 Å². The molecule has 1 aromatic carbocycles. The highest BCUT2D eigenvalue weighted by molar-refractivity contribution is 7.10. The van der Waals surface area contributed by atoms with Crippen molar-refractivity contribution in [2.75, 3.05) is 7.11 Å². The van der Waals surface area contributed by atoms with E-state index in [0.29, 0.717) is 10.6 Å². The molecule has 4 heteroatoms. The summed E-state index contributed by atoms with van der Waals surface area (Å²) in [5.41, 5.74) is 4.50. The third kappa shape index (κ3) is 2.15. The Morgan fingerprint density at radius 3 is 2.94 bits per heavy atom. The Hall–Kier alpha value is -1.86. The summed E-state index contributed by atoms with van der Waals surface area (Å²) in [7, 11) is 1.63. The van der Waals surface area contributed by atoms with Crippen LogP contribution >= 0.6 is 11.3 Å². The minimum Gasteiger partial charge on any atom is -0.496 e. The number of rotatable bonds is 3. The van der Waals surface area contributed by atoms with Crippen LogP contribution in [0.25, 0.3) is 11.3 Å². The standard InChI is InChI=1S/C13H12N2OS/c1-3-9-4-5-11(16-2)10(6-9)13-12(7-14)17-8-15-13/h4-6,8H,3H2,1-2H3. The molecule has 0 aliphatic heterocycles. The lowest BCUT2D eigenvalue weighted by molar-refractivity contribution is 0.416. The van der Waals surface area contributed by atoms with Crippen LogP contribution in [0.5, 0.6) is 5.75 Å². The molecule has 0 saturated carbocycles.